The first kappa shape index (κ1) is 53.6. The van der Waals surface area contributed by atoms with Crippen molar-refractivity contribution in [2.24, 2.45) is 0 Å². The Kier molecular flexibility index (Phi) is 43.2. The molecular weight excluding hydrogens is 698 g/mol. The molecular formula is C42H82O4S2Zn. The molecule has 0 rings (SSSR count). The molecule has 0 radical (unpaired) electrons. The summed E-state index contributed by atoms with van der Waals surface area (Å²) in [6.07, 6.45) is 43.9. The fourth-order valence-corrected chi connectivity index (χ4v) is 6.55. The second-order valence-corrected chi connectivity index (χ2v) is 17.2. The molecule has 49 heavy (non-hydrogen) atoms. The van der Waals surface area contributed by atoms with Gasteiger partial charge in [0.1, 0.15) is 0 Å². The number of carboxylic acids is 2. The number of unbranched alkanes of at least 4 members (excludes halogenated alkanes) is 30. The molecule has 0 spiro atoms. The van der Waals surface area contributed by atoms with E-state index in [0.29, 0.717) is 12.8 Å². The van der Waals surface area contributed by atoms with Crippen LogP contribution in [0.2, 0.25) is 0 Å². The molecule has 0 aliphatic carbocycles. The van der Waals surface area contributed by atoms with E-state index in [-0.39, 0.29) is 19.5 Å². The van der Waals surface area contributed by atoms with E-state index < -0.39 is 21.4 Å². The minimum absolute atomic E-state index is 0. The van der Waals surface area contributed by atoms with Gasteiger partial charge in [-0.25, -0.2) is 0 Å². The van der Waals surface area contributed by atoms with Crippen molar-refractivity contribution in [3.05, 3.63) is 0 Å². The summed E-state index contributed by atoms with van der Waals surface area (Å²) in [5.41, 5.74) is 0. The Bertz CT molecular complexity index is 644. The van der Waals surface area contributed by atoms with Crippen molar-refractivity contribution in [2.75, 3.05) is 0 Å². The van der Waals surface area contributed by atoms with Crippen molar-refractivity contribution in [2.45, 2.75) is 255 Å². The van der Waals surface area contributed by atoms with Gasteiger partial charge in [-0.1, -0.05) is 219 Å². The van der Waals surface area contributed by atoms with Crippen LogP contribution in [-0.2, 0) is 29.1 Å². The first-order valence-electron chi connectivity index (χ1n) is 20.9. The van der Waals surface area contributed by atoms with E-state index in [2.05, 4.69) is 39.1 Å². The summed E-state index contributed by atoms with van der Waals surface area (Å²) in [6.45, 7) is 7.82. The van der Waals surface area contributed by atoms with E-state index in [1.165, 1.54) is 180 Å². The molecule has 0 saturated heterocycles. The minimum atomic E-state index is -1.05. The van der Waals surface area contributed by atoms with Crippen molar-refractivity contribution in [1.29, 1.82) is 0 Å². The molecule has 0 aromatic carbocycles. The molecule has 0 N–H and O–H groups in total. The minimum Gasteiger partial charge on any atom is -0.549 e. The summed E-state index contributed by atoms with van der Waals surface area (Å²) >= 11 is 8.29. The van der Waals surface area contributed by atoms with Gasteiger partial charge < -0.3 is 19.8 Å². The Labute approximate surface area is 330 Å². The summed E-state index contributed by atoms with van der Waals surface area (Å²) in [5, 5.41) is 21.6. The van der Waals surface area contributed by atoms with Crippen LogP contribution < -0.4 is 10.2 Å². The number of carboxylic acid groups (broad SMARTS) is 2. The molecule has 4 nitrogen and oxygen atoms in total. The van der Waals surface area contributed by atoms with Crippen LogP contribution >= 0.6 is 25.3 Å². The third-order valence-electron chi connectivity index (χ3n) is 9.91. The molecule has 0 heterocycles. The van der Waals surface area contributed by atoms with Gasteiger partial charge in [0.05, 0.1) is 11.9 Å². The normalized spacial score (nSPS) is 13.5. The summed E-state index contributed by atoms with van der Waals surface area (Å²) in [7, 11) is 0. The van der Waals surface area contributed by atoms with Crippen molar-refractivity contribution in [1.82, 2.24) is 0 Å². The molecule has 2 unspecified atom stereocenters. The van der Waals surface area contributed by atoms with E-state index >= 15 is 0 Å². The third kappa shape index (κ3) is 40.9. The molecule has 0 aliphatic rings. The second-order valence-electron chi connectivity index (χ2n) is 15.2. The van der Waals surface area contributed by atoms with Gasteiger partial charge in [0.2, 0.25) is 0 Å². The van der Waals surface area contributed by atoms with Crippen LogP contribution in [-0.4, -0.2) is 21.4 Å². The number of rotatable bonds is 36. The second kappa shape index (κ2) is 39.5. The van der Waals surface area contributed by atoms with Gasteiger partial charge in [0, 0.05) is 9.49 Å². The number of aliphatic carboxylic acids is 2. The van der Waals surface area contributed by atoms with Crippen LogP contribution in [0, 0.1) is 0 Å². The van der Waals surface area contributed by atoms with Gasteiger partial charge >= 0.3 is 19.5 Å². The van der Waals surface area contributed by atoms with Gasteiger partial charge in [-0.05, 0) is 26.7 Å². The predicted molar refractivity (Wildman–Crippen MR) is 213 cm³/mol. The number of hydrogen-bond donors (Lipinski definition) is 2. The van der Waals surface area contributed by atoms with Crippen LogP contribution in [0.5, 0.6) is 0 Å². The van der Waals surface area contributed by atoms with E-state index in [1.807, 2.05) is 0 Å². The van der Waals surface area contributed by atoms with Crippen molar-refractivity contribution >= 4 is 37.2 Å². The smallest absolute Gasteiger partial charge is 0.549 e. The summed E-state index contributed by atoms with van der Waals surface area (Å²) in [5.74, 6) is -2.10. The Morgan fingerprint density at radius 1 is 0.367 bits per heavy atom. The van der Waals surface area contributed by atoms with Gasteiger partial charge in [-0.2, -0.15) is 25.3 Å². The first-order valence-corrected chi connectivity index (χ1v) is 21.8. The molecule has 288 valence electrons. The fourth-order valence-electron chi connectivity index (χ4n) is 6.24. The molecule has 0 saturated carbocycles. The van der Waals surface area contributed by atoms with E-state index in [9.17, 15) is 19.8 Å². The van der Waals surface area contributed by atoms with E-state index in [0.717, 1.165) is 25.7 Å². The molecule has 0 aromatic heterocycles. The molecule has 7 heteroatoms. The number of carbonyl (C=O) groups is 2. The summed E-state index contributed by atoms with van der Waals surface area (Å²) < 4.78 is -1.92. The van der Waals surface area contributed by atoms with E-state index in [4.69, 9.17) is 0 Å². The van der Waals surface area contributed by atoms with Crippen LogP contribution in [0.1, 0.15) is 246 Å². The maximum atomic E-state index is 10.8. The van der Waals surface area contributed by atoms with E-state index in [1.54, 1.807) is 13.8 Å². The molecule has 0 aromatic rings. The predicted octanol–water partition coefficient (Wildman–Crippen LogP) is 12.2. The largest absolute Gasteiger partial charge is 2.00 e. The van der Waals surface area contributed by atoms with Gasteiger partial charge in [-0.15, -0.1) is 0 Å². The standard InChI is InChI=1S/2C21H42O2S.Zn/c2*1-3-4-5-6-7-8-9-10-11-12-13-14-15-16-17-18-19-21(2,24)20(22)23;/h2*24H,3-19H2,1-2H3,(H,22,23);/q;;+2/p-2. The quantitative estimate of drug-likeness (QED) is 0.0377. The van der Waals surface area contributed by atoms with Crippen LogP contribution in [0.15, 0.2) is 0 Å². The molecule has 0 amide bonds. The number of carbonyl (C=O) groups excluding carboxylic acids is 2. The molecule has 0 aliphatic heterocycles. The Morgan fingerprint density at radius 2 is 0.510 bits per heavy atom. The molecule has 0 fully saturated rings. The third-order valence-corrected chi connectivity index (χ3v) is 10.7. The number of thiol groups is 2. The average molecular weight is 781 g/mol. The zero-order valence-electron chi connectivity index (χ0n) is 33.3. The monoisotopic (exact) mass is 778 g/mol. The summed E-state index contributed by atoms with van der Waals surface area (Å²) in [4.78, 5) is 21.6. The Morgan fingerprint density at radius 3 is 0.653 bits per heavy atom. The maximum Gasteiger partial charge on any atom is 2.00 e. The van der Waals surface area contributed by atoms with Crippen LogP contribution in [0.25, 0.3) is 0 Å². The van der Waals surface area contributed by atoms with Crippen molar-refractivity contribution in [3.8, 4) is 0 Å². The number of hydrogen-bond acceptors (Lipinski definition) is 6. The van der Waals surface area contributed by atoms with Gasteiger partial charge in [0.15, 0.2) is 0 Å². The van der Waals surface area contributed by atoms with Gasteiger partial charge in [-0.3, -0.25) is 0 Å². The van der Waals surface area contributed by atoms with Crippen LogP contribution in [0.3, 0.4) is 0 Å². The molecule has 0 bridgehead atoms. The van der Waals surface area contributed by atoms with Gasteiger partial charge in [0.25, 0.3) is 0 Å². The average Bonchev–Trinajstić information content (AvgIpc) is 3.04. The SMILES string of the molecule is CCCCCCCCCCCCCCCCCCC(C)(S)C(=O)[O-].CCCCCCCCCCCCCCCCCCC(C)(S)C(=O)[O-].[Zn+2]. The first-order chi connectivity index (χ1) is 23.0. The Hall–Kier alpha value is 0.263. The topological polar surface area (TPSA) is 80.3 Å². The zero-order chi connectivity index (χ0) is 36.2. The van der Waals surface area contributed by atoms with Crippen molar-refractivity contribution < 1.29 is 39.3 Å². The zero-order valence-corrected chi connectivity index (χ0v) is 38.0. The van der Waals surface area contributed by atoms with Crippen molar-refractivity contribution in [3.63, 3.8) is 0 Å². The fraction of sp³-hybridized carbons (Fsp3) is 0.952. The summed E-state index contributed by atoms with van der Waals surface area (Å²) in [6, 6.07) is 0. The van der Waals surface area contributed by atoms with Crippen LogP contribution in [0.4, 0.5) is 0 Å². The molecule has 2 atom stereocenters. The maximum absolute atomic E-state index is 10.8. The Balaban J connectivity index is -0.000000846.